The normalized spacial score (nSPS) is 19.4. The average molecular weight is 328 g/mol. The minimum absolute atomic E-state index is 0.00218. The van der Waals surface area contributed by atoms with Gasteiger partial charge in [0.2, 0.25) is 0 Å². The molecule has 0 saturated carbocycles. The fourth-order valence-corrected chi connectivity index (χ4v) is 4.12. The van der Waals surface area contributed by atoms with E-state index in [4.69, 9.17) is 4.74 Å². The zero-order chi connectivity index (χ0) is 16.0. The number of amides is 2. The van der Waals surface area contributed by atoms with Gasteiger partial charge in [-0.3, -0.25) is 9.59 Å². The standard InChI is InChI=1S/C17H16N2O3S/c1-10-12-5-7-23-15(12)4-6-19(10)17(21)11-2-3-13-14(8-11)22-9-16(20)18-13/h2-3,5,7-8,10H,4,6,9H2,1H3,(H,18,20). The Balaban J connectivity index is 1.61. The number of anilines is 1. The second-order valence-corrected chi connectivity index (χ2v) is 6.77. The molecule has 2 amide bonds. The van der Waals surface area contributed by atoms with Crippen LogP contribution in [0.5, 0.6) is 5.75 Å². The van der Waals surface area contributed by atoms with Crippen LogP contribution in [-0.4, -0.2) is 29.9 Å². The maximum Gasteiger partial charge on any atom is 0.262 e. The van der Waals surface area contributed by atoms with Crippen LogP contribution >= 0.6 is 11.3 Å². The fourth-order valence-electron chi connectivity index (χ4n) is 3.16. The van der Waals surface area contributed by atoms with Crippen LogP contribution in [0.15, 0.2) is 29.6 Å². The molecule has 0 bridgehead atoms. The maximum atomic E-state index is 12.9. The molecule has 1 N–H and O–H groups in total. The molecule has 1 atom stereocenters. The van der Waals surface area contributed by atoms with Crippen molar-refractivity contribution in [3.63, 3.8) is 0 Å². The summed E-state index contributed by atoms with van der Waals surface area (Å²) in [5, 5.41) is 4.82. The molecule has 118 valence electrons. The molecular weight excluding hydrogens is 312 g/mol. The summed E-state index contributed by atoms with van der Waals surface area (Å²) in [5.74, 6) is 0.375. The van der Waals surface area contributed by atoms with Crippen molar-refractivity contribution < 1.29 is 14.3 Å². The lowest BCUT2D eigenvalue weighted by Gasteiger charge is -2.34. The van der Waals surface area contributed by atoms with E-state index in [1.54, 1.807) is 29.5 Å². The average Bonchev–Trinajstić information content (AvgIpc) is 3.03. The zero-order valence-electron chi connectivity index (χ0n) is 12.7. The fraction of sp³-hybridized carbons (Fsp3) is 0.294. The van der Waals surface area contributed by atoms with Gasteiger partial charge in [-0.1, -0.05) is 0 Å². The summed E-state index contributed by atoms with van der Waals surface area (Å²) in [4.78, 5) is 27.5. The van der Waals surface area contributed by atoms with E-state index in [-0.39, 0.29) is 24.5 Å². The molecule has 0 spiro atoms. The molecule has 3 heterocycles. The molecular formula is C17H16N2O3S. The lowest BCUT2D eigenvalue weighted by molar-refractivity contribution is -0.118. The monoisotopic (exact) mass is 328 g/mol. The van der Waals surface area contributed by atoms with E-state index in [0.29, 0.717) is 17.0 Å². The van der Waals surface area contributed by atoms with Crippen molar-refractivity contribution >= 4 is 28.8 Å². The number of rotatable bonds is 1. The summed E-state index contributed by atoms with van der Waals surface area (Å²) in [7, 11) is 0. The van der Waals surface area contributed by atoms with Crippen molar-refractivity contribution in [2.24, 2.45) is 0 Å². The number of hydrogen-bond donors (Lipinski definition) is 1. The topological polar surface area (TPSA) is 58.6 Å². The number of ether oxygens (including phenoxy) is 1. The first-order valence-electron chi connectivity index (χ1n) is 7.57. The number of nitrogens with zero attached hydrogens (tertiary/aromatic N) is 1. The summed E-state index contributed by atoms with van der Waals surface area (Å²) in [6, 6.07) is 7.37. The molecule has 5 nitrogen and oxygen atoms in total. The highest BCUT2D eigenvalue weighted by Crippen LogP contribution is 2.35. The third-order valence-corrected chi connectivity index (χ3v) is 5.40. The molecule has 2 aliphatic rings. The number of thiophene rings is 1. The van der Waals surface area contributed by atoms with Crippen LogP contribution in [0.2, 0.25) is 0 Å². The van der Waals surface area contributed by atoms with Crippen LogP contribution in [0.4, 0.5) is 5.69 Å². The third kappa shape index (κ3) is 2.39. The molecule has 2 aromatic rings. The van der Waals surface area contributed by atoms with Crippen LogP contribution in [0.3, 0.4) is 0 Å². The van der Waals surface area contributed by atoms with E-state index in [9.17, 15) is 9.59 Å². The Morgan fingerprint density at radius 1 is 1.39 bits per heavy atom. The predicted molar refractivity (Wildman–Crippen MR) is 88.0 cm³/mol. The van der Waals surface area contributed by atoms with Gasteiger partial charge in [0.25, 0.3) is 11.8 Å². The molecule has 4 rings (SSSR count). The summed E-state index contributed by atoms with van der Waals surface area (Å²) >= 11 is 1.76. The number of carbonyl (C=O) groups is 2. The predicted octanol–water partition coefficient (Wildman–Crippen LogP) is 2.84. The van der Waals surface area contributed by atoms with Crippen molar-refractivity contribution in [3.8, 4) is 5.75 Å². The molecule has 23 heavy (non-hydrogen) atoms. The molecule has 6 heteroatoms. The molecule has 1 aromatic heterocycles. The highest BCUT2D eigenvalue weighted by molar-refractivity contribution is 7.10. The van der Waals surface area contributed by atoms with Gasteiger partial charge in [-0.2, -0.15) is 0 Å². The lowest BCUT2D eigenvalue weighted by atomic mass is 10.00. The number of nitrogens with one attached hydrogen (secondary N) is 1. The molecule has 1 aromatic carbocycles. The Morgan fingerprint density at radius 3 is 3.13 bits per heavy atom. The number of fused-ring (bicyclic) bond motifs is 2. The van der Waals surface area contributed by atoms with Gasteiger partial charge in [0.1, 0.15) is 5.75 Å². The first-order valence-corrected chi connectivity index (χ1v) is 8.45. The summed E-state index contributed by atoms with van der Waals surface area (Å²) in [6.45, 7) is 2.78. The van der Waals surface area contributed by atoms with Gasteiger partial charge in [0.15, 0.2) is 6.61 Å². The van der Waals surface area contributed by atoms with Gasteiger partial charge in [-0.05, 0) is 48.6 Å². The second kappa shape index (κ2) is 5.38. The van der Waals surface area contributed by atoms with E-state index >= 15 is 0 Å². The number of hydrogen-bond acceptors (Lipinski definition) is 4. The minimum atomic E-state index is -0.175. The molecule has 1 unspecified atom stereocenters. The molecule has 0 radical (unpaired) electrons. The third-order valence-electron chi connectivity index (χ3n) is 4.40. The number of carbonyl (C=O) groups excluding carboxylic acids is 2. The van der Waals surface area contributed by atoms with Gasteiger partial charge >= 0.3 is 0 Å². The molecule has 0 aliphatic carbocycles. The van der Waals surface area contributed by atoms with E-state index in [0.717, 1.165) is 13.0 Å². The SMILES string of the molecule is CC1c2ccsc2CCN1C(=O)c1ccc2c(c1)OCC(=O)N2. The molecule has 2 aliphatic heterocycles. The highest BCUT2D eigenvalue weighted by atomic mass is 32.1. The molecule has 0 saturated heterocycles. The van der Waals surface area contributed by atoms with Crippen molar-refractivity contribution in [3.05, 3.63) is 45.6 Å². The Bertz CT molecular complexity index is 799. The van der Waals surface area contributed by atoms with Crippen LogP contribution in [0, 0.1) is 0 Å². The molecule has 0 fully saturated rings. The van der Waals surface area contributed by atoms with Gasteiger partial charge < -0.3 is 15.0 Å². The van der Waals surface area contributed by atoms with E-state index in [1.165, 1.54) is 10.4 Å². The smallest absolute Gasteiger partial charge is 0.262 e. The Morgan fingerprint density at radius 2 is 2.26 bits per heavy atom. The number of benzene rings is 1. The second-order valence-electron chi connectivity index (χ2n) is 5.77. The summed E-state index contributed by atoms with van der Waals surface area (Å²) in [5.41, 5.74) is 2.45. The van der Waals surface area contributed by atoms with Crippen molar-refractivity contribution in [1.82, 2.24) is 4.90 Å². The van der Waals surface area contributed by atoms with Crippen LogP contribution in [0.1, 0.15) is 33.8 Å². The quantitative estimate of drug-likeness (QED) is 0.876. The van der Waals surface area contributed by atoms with E-state index < -0.39 is 0 Å². The van der Waals surface area contributed by atoms with Crippen LogP contribution < -0.4 is 10.1 Å². The summed E-state index contributed by atoms with van der Waals surface area (Å²) in [6.07, 6.45) is 0.903. The Hall–Kier alpha value is -2.34. The largest absolute Gasteiger partial charge is 0.482 e. The van der Waals surface area contributed by atoms with Crippen molar-refractivity contribution in [1.29, 1.82) is 0 Å². The highest BCUT2D eigenvalue weighted by Gasteiger charge is 2.29. The van der Waals surface area contributed by atoms with Crippen molar-refractivity contribution in [2.45, 2.75) is 19.4 Å². The van der Waals surface area contributed by atoms with Gasteiger partial charge in [0.05, 0.1) is 11.7 Å². The summed E-state index contributed by atoms with van der Waals surface area (Å²) < 4.78 is 5.40. The van der Waals surface area contributed by atoms with Gasteiger partial charge in [0, 0.05) is 17.0 Å². The Labute approximate surface area is 137 Å². The van der Waals surface area contributed by atoms with Crippen LogP contribution in [0.25, 0.3) is 0 Å². The van der Waals surface area contributed by atoms with E-state index in [2.05, 4.69) is 23.7 Å². The first-order chi connectivity index (χ1) is 11.1. The van der Waals surface area contributed by atoms with Gasteiger partial charge in [-0.25, -0.2) is 0 Å². The maximum absolute atomic E-state index is 12.9. The Kier molecular flexibility index (Phi) is 3.34. The zero-order valence-corrected chi connectivity index (χ0v) is 13.5. The van der Waals surface area contributed by atoms with Crippen LogP contribution in [-0.2, 0) is 11.2 Å². The van der Waals surface area contributed by atoms with E-state index in [1.807, 2.05) is 4.90 Å². The van der Waals surface area contributed by atoms with Crippen molar-refractivity contribution in [2.75, 3.05) is 18.5 Å². The van der Waals surface area contributed by atoms with Gasteiger partial charge in [-0.15, -0.1) is 11.3 Å². The minimum Gasteiger partial charge on any atom is -0.482 e. The first kappa shape index (κ1) is 14.3. The lowest BCUT2D eigenvalue weighted by Crippen LogP contribution is -2.38.